The topological polar surface area (TPSA) is 68.3 Å². The number of benzene rings is 1. The van der Waals surface area contributed by atoms with E-state index in [1.165, 1.54) is 0 Å². The fourth-order valence-electron chi connectivity index (χ4n) is 1.43. The lowest BCUT2D eigenvalue weighted by Gasteiger charge is -2.22. The summed E-state index contributed by atoms with van der Waals surface area (Å²) < 4.78 is 10.8. The average molecular weight is 204 g/mol. The number of hydrogen-bond acceptors (Lipinski definition) is 4. The molecule has 78 valence electrons. The van der Waals surface area contributed by atoms with Crippen molar-refractivity contribution in [2.45, 2.75) is 12.5 Å². The summed E-state index contributed by atoms with van der Waals surface area (Å²) in [4.78, 5) is 0. The van der Waals surface area contributed by atoms with Crippen LogP contribution >= 0.6 is 0 Å². The number of nitrogens with two attached hydrogens (primary N) is 1. The molecule has 0 aliphatic carbocycles. The van der Waals surface area contributed by atoms with Crippen LogP contribution in [0.15, 0.2) is 18.2 Å². The first-order valence-electron chi connectivity index (χ1n) is 4.74. The van der Waals surface area contributed by atoms with Gasteiger partial charge in [-0.3, -0.25) is 0 Å². The highest BCUT2D eigenvalue weighted by molar-refractivity contribution is 5.46. The van der Waals surface area contributed by atoms with Gasteiger partial charge < -0.3 is 15.2 Å². The molecule has 15 heavy (non-hydrogen) atoms. The zero-order valence-electron chi connectivity index (χ0n) is 8.49. The van der Waals surface area contributed by atoms with Crippen LogP contribution in [0.25, 0.3) is 0 Å². The highest BCUT2D eigenvalue weighted by atomic mass is 16.6. The van der Waals surface area contributed by atoms with Crippen LogP contribution < -0.4 is 15.2 Å². The van der Waals surface area contributed by atoms with Gasteiger partial charge >= 0.3 is 0 Å². The molecule has 0 amide bonds. The predicted octanol–water partition coefficient (Wildman–Crippen LogP) is 1.16. The summed E-state index contributed by atoms with van der Waals surface area (Å²) in [5, 5.41) is 8.90. The molecule has 2 N–H and O–H groups in total. The van der Waals surface area contributed by atoms with Gasteiger partial charge in [-0.15, -0.1) is 0 Å². The number of fused-ring (bicyclic) bond motifs is 1. The third-order valence-corrected chi connectivity index (χ3v) is 2.37. The van der Waals surface area contributed by atoms with Gasteiger partial charge in [0.05, 0.1) is 6.07 Å². The molecule has 0 fully saturated rings. The molecule has 0 bridgehead atoms. The van der Waals surface area contributed by atoms with Crippen LogP contribution in [0, 0.1) is 11.3 Å². The number of nitriles is 1. The normalized spacial score (nSPS) is 17.7. The summed E-state index contributed by atoms with van der Waals surface area (Å²) in [7, 11) is 0. The Balaban J connectivity index is 2.41. The Morgan fingerprint density at radius 1 is 1.33 bits per heavy atom. The van der Waals surface area contributed by atoms with Crippen molar-refractivity contribution in [2.75, 3.05) is 13.2 Å². The molecule has 1 atom stereocenters. The van der Waals surface area contributed by atoms with Crippen molar-refractivity contribution in [3.05, 3.63) is 23.8 Å². The summed E-state index contributed by atoms with van der Waals surface area (Å²) in [6, 6.07) is 7.38. The molecule has 0 saturated carbocycles. The molecule has 0 saturated heterocycles. The van der Waals surface area contributed by atoms with Crippen LogP contribution in [0.3, 0.4) is 0 Å². The fourth-order valence-corrected chi connectivity index (χ4v) is 1.43. The molecular weight excluding hydrogens is 192 g/mol. The lowest BCUT2D eigenvalue weighted by Crippen LogP contribution is -2.31. The van der Waals surface area contributed by atoms with Gasteiger partial charge in [0.25, 0.3) is 0 Å². The molecule has 4 nitrogen and oxygen atoms in total. The van der Waals surface area contributed by atoms with Crippen molar-refractivity contribution >= 4 is 0 Å². The minimum atomic E-state index is -0.990. The SMILES string of the molecule is CC(N)(C#N)c1ccc2c(c1)OCCO2. The van der Waals surface area contributed by atoms with E-state index in [2.05, 4.69) is 0 Å². The smallest absolute Gasteiger partial charge is 0.161 e. The second kappa shape index (κ2) is 3.44. The Hall–Kier alpha value is -1.73. The van der Waals surface area contributed by atoms with Gasteiger partial charge in [-0.1, -0.05) is 6.07 Å². The zero-order valence-corrected chi connectivity index (χ0v) is 8.49. The summed E-state index contributed by atoms with van der Waals surface area (Å²) in [6.45, 7) is 2.76. The van der Waals surface area contributed by atoms with Gasteiger partial charge in [0.15, 0.2) is 11.5 Å². The molecule has 1 aliphatic heterocycles. The molecule has 0 aromatic heterocycles. The van der Waals surface area contributed by atoms with Crippen molar-refractivity contribution in [3.8, 4) is 17.6 Å². The quantitative estimate of drug-likeness (QED) is 0.745. The second-order valence-electron chi connectivity index (χ2n) is 3.67. The van der Waals surface area contributed by atoms with Gasteiger partial charge in [-0.25, -0.2) is 0 Å². The van der Waals surface area contributed by atoms with E-state index in [1.54, 1.807) is 25.1 Å². The van der Waals surface area contributed by atoms with E-state index in [0.29, 0.717) is 24.7 Å². The van der Waals surface area contributed by atoms with Crippen LogP contribution in [0.5, 0.6) is 11.5 Å². The third kappa shape index (κ3) is 1.74. The van der Waals surface area contributed by atoms with Crippen molar-refractivity contribution in [1.82, 2.24) is 0 Å². The van der Waals surface area contributed by atoms with Crippen LogP contribution in [0.1, 0.15) is 12.5 Å². The highest BCUT2D eigenvalue weighted by Gasteiger charge is 2.23. The molecule has 2 rings (SSSR count). The largest absolute Gasteiger partial charge is 0.486 e. The van der Waals surface area contributed by atoms with Crippen LogP contribution in [-0.2, 0) is 5.54 Å². The maximum Gasteiger partial charge on any atom is 0.161 e. The molecule has 1 aromatic rings. The van der Waals surface area contributed by atoms with Crippen LogP contribution in [0.4, 0.5) is 0 Å². The lowest BCUT2D eigenvalue weighted by atomic mass is 9.94. The molecule has 0 spiro atoms. The molecule has 0 radical (unpaired) electrons. The Morgan fingerprint density at radius 3 is 2.67 bits per heavy atom. The van der Waals surface area contributed by atoms with E-state index in [1.807, 2.05) is 6.07 Å². The molecule has 1 aliphatic rings. The first-order chi connectivity index (χ1) is 7.13. The third-order valence-electron chi connectivity index (χ3n) is 2.37. The monoisotopic (exact) mass is 204 g/mol. The van der Waals surface area contributed by atoms with Gasteiger partial charge in [0.2, 0.25) is 0 Å². The zero-order chi connectivity index (χ0) is 10.9. The van der Waals surface area contributed by atoms with Gasteiger partial charge in [-0.2, -0.15) is 5.26 Å². The Bertz CT molecular complexity index is 421. The van der Waals surface area contributed by atoms with Gasteiger partial charge in [0, 0.05) is 0 Å². The summed E-state index contributed by atoms with van der Waals surface area (Å²) >= 11 is 0. The van der Waals surface area contributed by atoms with Gasteiger partial charge in [0.1, 0.15) is 18.8 Å². The Labute approximate surface area is 88.2 Å². The molecular formula is C11H12N2O2. The number of rotatable bonds is 1. The maximum absolute atomic E-state index is 8.90. The van der Waals surface area contributed by atoms with E-state index in [0.717, 1.165) is 5.56 Å². The van der Waals surface area contributed by atoms with E-state index in [-0.39, 0.29) is 0 Å². The molecule has 4 heteroatoms. The molecule has 1 aromatic carbocycles. The van der Waals surface area contributed by atoms with E-state index in [4.69, 9.17) is 20.5 Å². The maximum atomic E-state index is 8.90. The van der Waals surface area contributed by atoms with E-state index < -0.39 is 5.54 Å². The summed E-state index contributed by atoms with van der Waals surface area (Å²) in [5.74, 6) is 1.37. The summed E-state index contributed by atoms with van der Waals surface area (Å²) in [6.07, 6.45) is 0. The minimum absolute atomic E-state index is 0.532. The molecule has 1 unspecified atom stereocenters. The number of hydrogen-bond donors (Lipinski definition) is 1. The standard InChI is InChI=1S/C11H12N2O2/c1-11(13,7-12)8-2-3-9-10(6-8)15-5-4-14-9/h2-3,6H,4-5,13H2,1H3. The first-order valence-corrected chi connectivity index (χ1v) is 4.74. The second-order valence-corrected chi connectivity index (χ2v) is 3.67. The van der Waals surface area contributed by atoms with E-state index >= 15 is 0 Å². The number of ether oxygens (including phenoxy) is 2. The highest BCUT2D eigenvalue weighted by Crippen LogP contribution is 2.33. The van der Waals surface area contributed by atoms with Crippen molar-refractivity contribution in [2.24, 2.45) is 5.73 Å². The molecule has 1 heterocycles. The Kier molecular flexibility index (Phi) is 2.25. The van der Waals surface area contributed by atoms with Crippen molar-refractivity contribution < 1.29 is 9.47 Å². The van der Waals surface area contributed by atoms with Crippen molar-refractivity contribution in [1.29, 1.82) is 5.26 Å². The Morgan fingerprint density at radius 2 is 2.00 bits per heavy atom. The van der Waals surface area contributed by atoms with E-state index in [9.17, 15) is 0 Å². The van der Waals surface area contributed by atoms with Gasteiger partial charge in [-0.05, 0) is 24.6 Å². The van der Waals surface area contributed by atoms with Crippen molar-refractivity contribution in [3.63, 3.8) is 0 Å². The fraction of sp³-hybridized carbons (Fsp3) is 0.364. The van der Waals surface area contributed by atoms with Crippen LogP contribution in [-0.4, -0.2) is 13.2 Å². The predicted molar refractivity (Wildman–Crippen MR) is 54.6 cm³/mol. The first kappa shape index (κ1) is 9.81. The lowest BCUT2D eigenvalue weighted by molar-refractivity contribution is 0.171. The minimum Gasteiger partial charge on any atom is -0.486 e. The summed E-state index contributed by atoms with van der Waals surface area (Å²) in [5.41, 5.74) is 5.55. The number of nitrogens with zero attached hydrogens (tertiary/aromatic N) is 1. The van der Waals surface area contributed by atoms with Crippen LogP contribution in [0.2, 0.25) is 0 Å². The average Bonchev–Trinajstić information content (AvgIpc) is 2.28.